The lowest BCUT2D eigenvalue weighted by Gasteiger charge is -2.17. The molecule has 0 saturated carbocycles. The zero-order valence-corrected chi connectivity index (χ0v) is 14.1. The van der Waals surface area contributed by atoms with E-state index in [-0.39, 0.29) is 5.89 Å². The van der Waals surface area contributed by atoms with Gasteiger partial charge in [-0.15, -0.1) is 10.2 Å². The molecule has 8 N–H and O–H groups in total. The van der Waals surface area contributed by atoms with E-state index < -0.39 is 73.2 Å². The number of hydrogen-bond donors (Lipinski definition) is 7. The lowest BCUT2D eigenvalue weighted by molar-refractivity contribution is -0.145. The Balaban J connectivity index is 2.91. The standard InChI is InChI=1S/C13H17N5O10/c14-4(1-7(19)20)10-17-18-11(28-10)5(2-8(21)22)15-13(27)16-6(12(25)26)3-9(23)24/h4-6H,1-3,14H2,(H,19,20)(H,21,22)(H,23,24)(H,25,26)(H2,15,16,27)/t4-,5-,6-/m0/s1. The van der Waals surface area contributed by atoms with Crippen LogP contribution >= 0.6 is 0 Å². The molecule has 1 rings (SSSR count). The molecule has 2 amide bonds. The fourth-order valence-corrected chi connectivity index (χ4v) is 1.92. The van der Waals surface area contributed by atoms with Crippen LogP contribution in [0.5, 0.6) is 0 Å². The molecular weight excluding hydrogens is 386 g/mol. The molecule has 0 aliphatic heterocycles. The van der Waals surface area contributed by atoms with Crippen LogP contribution in [0.2, 0.25) is 0 Å². The fraction of sp³-hybridized carbons (Fsp3) is 0.462. The molecule has 1 aromatic rings. The van der Waals surface area contributed by atoms with Crippen LogP contribution in [-0.4, -0.2) is 66.6 Å². The molecule has 0 saturated heterocycles. The number of aliphatic carboxylic acids is 4. The summed E-state index contributed by atoms with van der Waals surface area (Å²) in [7, 11) is 0. The van der Waals surface area contributed by atoms with E-state index in [1.807, 2.05) is 5.32 Å². The number of rotatable bonds is 11. The molecule has 1 heterocycles. The molecule has 0 fully saturated rings. The summed E-state index contributed by atoms with van der Waals surface area (Å²) in [6, 6.07) is -5.57. The number of amides is 2. The normalized spacial score (nSPS) is 13.8. The third-order valence-corrected chi connectivity index (χ3v) is 3.13. The number of carboxylic acids is 4. The maximum Gasteiger partial charge on any atom is 0.326 e. The van der Waals surface area contributed by atoms with Crippen molar-refractivity contribution in [3.05, 3.63) is 11.8 Å². The number of aromatic nitrogens is 2. The van der Waals surface area contributed by atoms with Gasteiger partial charge in [0.05, 0.1) is 25.3 Å². The summed E-state index contributed by atoms with van der Waals surface area (Å²) in [6.45, 7) is 0. The van der Waals surface area contributed by atoms with E-state index >= 15 is 0 Å². The summed E-state index contributed by atoms with van der Waals surface area (Å²) < 4.78 is 5.10. The fourth-order valence-electron chi connectivity index (χ4n) is 1.92. The molecule has 1 aromatic heterocycles. The van der Waals surface area contributed by atoms with Crippen LogP contribution in [0.4, 0.5) is 4.79 Å². The molecule has 0 aliphatic carbocycles. The number of urea groups is 1. The van der Waals surface area contributed by atoms with Crippen LogP contribution in [-0.2, 0) is 19.2 Å². The Hall–Kier alpha value is -3.75. The highest BCUT2D eigenvalue weighted by atomic mass is 16.4. The van der Waals surface area contributed by atoms with Crippen molar-refractivity contribution < 1.29 is 48.8 Å². The Morgan fingerprint density at radius 1 is 0.857 bits per heavy atom. The third-order valence-electron chi connectivity index (χ3n) is 3.13. The predicted octanol–water partition coefficient (Wildman–Crippen LogP) is -1.71. The number of carboxylic acid groups (broad SMARTS) is 4. The van der Waals surface area contributed by atoms with Gasteiger partial charge in [-0.25, -0.2) is 9.59 Å². The molecule has 0 aliphatic rings. The smallest absolute Gasteiger partial charge is 0.326 e. The van der Waals surface area contributed by atoms with Crippen LogP contribution in [0, 0.1) is 0 Å². The molecule has 0 spiro atoms. The molecular formula is C13H17N5O10. The Bertz CT molecular complexity index is 763. The monoisotopic (exact) mass is 403 g/mol. The summed E-state index contributed by atoms with van der Waals surface area (Å²) in [4.78, 5) is 55.2. The molecule has 15 heteroatoms. The van der Waals surface area contributed by atoms with E-state index in [1.165, 1.54) is 0 Å². The van der Waals surface area contributed by atoms with Crippen molar-refractivity contribution in [3.63, 3.8) is 0 Å². The number of nitrogens with two attached hydrogens (primary N) is 1. The Morgan fingerprint density at radius 2 is 1.39 bits per heavy atom. The van der Waals surface area contributed by atoms with Crippen LogP contribution in [0.3, 0.4) is 0 Å². The van der Waals surface area contributed by atoms with Crippen LogP contribution in [0.1, 0.15) is 43.1 Å². The molecule has 154 valence electrons. The van der Waals surface area contributed by atoms with Crippen LogP contribution < -0.4 is 16.4 Å². The van der Waals surface area contributed by atoms with Gasteiger partial charge in [-0.05, 0) is 0 Å². The van der Waals surface area contributed by atoms with Gasteiger partial charge in [0.15, 0.2) is 0 Å². The minimum absolute atomic E-state index is 0.315. The zero-order valence-electron chi connectivity index (χ0n) is 14.1. The Kier molecular flexibility index (Phi) is 7.81. The van der Waals surface area contributed by atoms with Crippen LogP contribution in [0.15, 0.2) is 4.42 Å². The first kappa shape index (κ1) is 22.3. The van der Waals surface area contributed by atoms with Gasteiger partial charge in [0.25, 0.3) is 0 Å². The SMILES string of the molecule is N[C@@H](CC(=O)O)c1nnc([C@H](CC(=O)O)NC(=O)N[C@@H](CC(=O)O)C(=O)O)o1. The summed E-state index contributed by atoms with van der Waals surface area (Å²) >= 11 is 0. The van der Waals surface area contributed by atoms with Gasteiger partial charge in [-0.3, -0.25) is 14.4 Å². The first-order chi connectivity index (χ1) is 13.0. The Morgan fingerprint density at radius 3 is 1.89 bits per heavy atom. The minimum Gasteiger partial charge on any atom is -0.481 e. The minimum atomic E-state index is -1.77. The number of carbonyl (C=O) groups is 5. The number of nitrogens with zero attached hydrogens (tertiary/aromatic N) is 2. The van der Waals surface area contributed by atoms with Crippen molar-refractivity contribution in [1.29, 1.82) is 0 Å². The van der Waals surface area contributed by atoms with E-state index in [9.17, 15) is 24.0 Å². The summed E-state index contributed by atoms with van der Waals surface area (Å²) in [5.41, 5.74) is 5.54. The average Bonchev–Trinajstić information content (AvgIpc) is 3.02. The topological polar surface area (TPSA) is 255 Å². The van der Waals surface area contributed by atoms with Gasteiger partial charge in [0, 0.05) is 0 Å². The largest absolute Gasteiger partial charge is 0.481 e. The van der Waals surface area contributed by atoms with E-state index in [0.29, 0.717) is 0 Å². The van der Waals surface area contributed by atoms with Crippen molar-refractivity contribution in [2.75, 3.05) is 0 Å². The highest BCUT2D eigenvalue weighted by Gasteiger charge is 2.28. The third kappa shape index (κ3) is 7.24. The van der Waals surface area contributed by atoms with E-state index in [2.05, 4.69) is 15.5 Å². The maximum atomic E-state index is 11.9. The Labute approximate surface area is 155 Å². The van der Waals surface area contributed by atoms with Gasteiger partial charge in [0.2, 0.25) is 11.8 Å². The lowest BCUT2D eigenvalue weighted by Crippen LogP contribution is -2.48. The highest BCUT2D eigenvalue weighted by Crippen LogP contribution is 2.19. The summed E-state index contributed by atoms with van der Waals surface area (Å²) in [5, 5.41) is 46.1. The quantitative estimate of drug-likeness (QED) is 0.217. The second-order valence-corrected chi connectivity index (χ2v) is 5.44. The van der Waals surface area contributed by atoms with Gasteiger partial charge >= 0.3 is 29.9 Å². The molecule has 3 atom stereocenters. The van der Waals surface area contributed by atoms with Crippen LogP contribution in [0.25, 0.3) is 0 Å². The van der Waals surface area contributed by atoms with Crippen molar-refractivity contribution >= 4 is 29.9 Å². The van der Waals surface area contributed by atoms with Gasteiger partial charge in [0.1, 0.15) is 12.1 Å². The zero-order chi connectivity index (χ0) is 21.4. The number of carbonyl (C=O) groups excluding carboxylic acids is 1. The molecule has 0 unspecified atom stereocenters. The van der Waals surface area contributed by atoms with E-state index in [0.717, 1.165) is 0 Å². The number of hydrogen-bond acceptors (Lipinski definition) is 9. The van der Waals surface area contributed by atoms with Crippen molar-refractivity contribution in [2.24, 2.45) is 5.73 Å². The average molecular weight is 403 g/mol. The van der Waals surface area contributed by atoms with E-state index in [4.69, 9.17) is 30.6 Å². The van der Waals surface area contributed by atoms with Crippen molar-refractivity contribution in [2.45, 2.75) is 37.4 Å². The lowest BCUT2D eigenvalue weighted by atomic mass is 10.2. The molecule has 0 bridgehead atoms. The molecule has 0 radical (unpaired) electrons. The first-order valence-corrected chi connectivity index (χ1v) is 7.53. The van der Waals surface area contributed by atoms with Gasteiger partial charge in [-0.2, -0.15) is 0 Å². The van der Waals surface area contributed by atoms with E-state index in [1.54, 1.807) is 0 Å². The van der Waals surface area contributed by atoms with Gasteiger partial charge < -0.3 is 41.2 Å². The maximum absolute atomic E-state index is 11.9. The second-order valence-electron chi connectivity index (χ2n) is 5.44. The van der Waals surface area contributed by atoms with Gasteiger partial charge in [-0.1, -0.05) is 0 Å². The van der Waals surface area contributed by atoms with Crippen molar-refractivity contribution in [3.8, 4) is 0 Å². The molecule has 0 aromatic carbocycles. The predicted molar refractivity (Wildman–Crippen MR) is 83.8 cm³/mol. The summed E-state index contributed by atoms with van der Waals surface area (Å²) in [5.74, 6) is -6.47. The highest BCUT2D eigenvalue weighted by molar-refractivity contribution is 5.86. The second kappa shape index (κ2) is 9.81. The van der Waals surface area contributed by atoms with Crippen molar-refractivity contribution in [1.82, 2.24) is 20.8 Å². The number of nitrogens with one attached hydrogen (secondary N) is 2. The first-order valence-electron chi connectivity index (χ1n) is 7.53. The summed E-state index contributed by atoms with van der Waals surface area (Å²) in [6.07, 6.45) is -2.21. The molecule has 15 nitrogen and oxygen atoms in total. The molecule has 28 heavy (non-hydrogen) atoms.